The van der Waals surface area contributed by atoms with E-state index in [0.717, 1.165) is 29.2 Å². The van der Waals surface area contributed by atoms with Crippen molar-refractivity contribution in [2.45, 2.75) is 12.8 Å². The minimum Gasteiger partial charge on any atom is -0.465 e. The molecule has 29 heavy (non-hydrogen) atoms. The summed E-state index contributed by atoms with van der Waals surface area (Å²) in [5, 5.41) is 0. The third kappa shape index (κ3) is 5.98. The van der Waals surface area contributed by atoms with Gasteiger partial charge in [-0.15, -0.1) is 0 Å². The van der Waals surface area contributed by atoms with E-state index in [1.165, 1.54) is 31.4 Å². The van der Waals surface area contributed by atoms with Crippen molar-refractivity contribution in [1.82, 2.24) is 0 Å². The van der Waals surface area contributed by atoms with Crippen molar-refractivity contribution in [1.29, 1.82) is 0 Å². The van der Waals surface area contributed by atoms with Gasteiger partial charge in [-0.05, 0) is 48.5 Å². The van der Waals surface area contributed by atoms with Gasteiger partial charge in [0.25, 0.3) is 5.91 Å². The molecule has 2 rings (SSSR count). The molecule has 0 spiro atoms. The summed E-state index contributed by atoms with van der Waals surface area (Å²) < 4.78 is 71.4. The highest BCUT2D eigenvalue weighted by atomic mass is 19.4. The molecule has 1 amide bonds. The van der Waals surface area contributed by atoms with Crippen molar-refractivity contribution in [3.63, 3.8) is 0 Å². The van der Waals surface area contributed by atoms with Gasteiger partial charge in [-0.3, -0.25) is 4.79 Å². The van der Waals surface area contributed by atoms with E-state index in [0.29, 0.717) is 0 Å². The third-order valence-corrected chi connectivity index (χ3v) is 3.86. The monoisotopic (exact) mass is 417 g/mol. The first kappa shape index (κ1) is 22.3. The normalized spacial score (nSPS) is 11.4. The number of carbonyl (C=O) groups excluding carboxylic acids is 2. The number of methoxy groups -OCH3 is 1. The minimum atomic E-state index is -4.56. The summed E-state index contributed by atoms with van der Waals surface area (Å²) in [5.41, 5.74) is -0.571. The number of benzene rings is 2. The highest BCUT2D eigenvalue weighted by Gasteiger charge is 2.30. The van der Waals surface area contributed by atoms with E-state index in [-0.39, 0.29) is 23.4 Å². The summed E-state index contributed by atoms with van der Waals surface area (Å²) in [4.78, 5) is 25.3. The summed E-state index contributed by atoms with van der Waals surface area (Å²) in [6, 6.07) is 8.99. The van der Waals surface area contributed by atoms with Gasteiger partial charge < -0.3 is 14.4 Å². The molecule has 0 saturated heterocycles. The van der Waals surface area contributed by atoms with Gasteiger partial charge in [0.1, 0.15) is 0 Å². The Morgan fingerprint density at radius 1 is 0.966 bits per heavy atom. The lowest BCUT2D eigenvalue weighted by molar-refractivity contribution is -0.137. The Labute approximate surface area is 162 Å². The van der Waals surface area contributed by atoms with Crippen LogP contribution in [0.15, 0.2) is 48.5 Å². The molecule has 0 aliphatic carbocycles. The molecule has 0 atom stereocenters. The number of carbonyl (C=O) groups is 2. The Morgan fingerprint density at radius 3 is 2.00 bits per heavy atom. The van der Waals surface area contributed by atoms with E-state index in [4.69, 9.17) is 0 Å². The summed E-state index contributed by atoms with van der Waals surface area (Å²) in [6.07, 6.45) is -4.56. The molecule has 0 unspecified atom stereocenters. The van der Waals surface area contributed by atoms with Crippen molar-refractivity contribution in [2.24, 2.45) is 0 Å². The van der Waals surface area contributed by atoms with Crippen LogP contribution in [0.4, 0.5) is 27.6 Å². The van der Waals surface area contributed by atoms with Gasteiger partial charge in [0.05, 0.1) is 24.8 Å². The second-order valence-corrected chi connectivity index (χ2v) is 5.70. The number of hydrogen-bond donors (Lipinski definition) is 0. The first-order valence-electron chi connectivity index (χ1n) is 8.20. The molecule has 0 aliphatic heterocycles. The van der Waals surface area contributed by atoms with E-state index in [1.807, 2.05) is 0 Å². The highest BCUT2D eigenvalue weighted by Crippen LogP contribution is 2.29. The Bertz CT molecular complexity index is 835. The molecule has 0 fully saturated rings. The molecule has 156 valence electrons. The number of esters is 1. The number of rotatable bonds is 7. The van der Waals surface area contributed by atoms with E-state index in [9.17, 15) is 31.5 Å². The predicted molar refractivity (Wildman–Crippen MR) is 92.9 cm³/mol. The van der Waals surface area contributed by atoms with Gasteiger partial charge >= 0.3 is 18.8 Å². The van der Waals surface area contributed by atoms with Crippen LogP contribution in [0, 0.1) is 0 Å². The number of halogens is 5. The van der Waals surface area contributed by atoms with Crippen LogP contribution in [0.25, 0.3) is 0 Å². The Balaban J connectivity index is 2.29. The fraction of sp³-hybridized carbons (Fsp3) is 0.263. The topological polar surface area (TPSA) is 55.8 Å². The molecule has 0 aliphatic rings. The average Bonchev–Trinajstić information content (AvgIpc) is 2.69. The lowest BCUT2D eigenvalue weighted by Crippen LogP contribution is -2.34. The maximum Gasteiger partial charge on any atom is 0.416 e. The lowest BCUT2D eigenvalue weighted by atomic mass is 10.1. The standard InChI is InChI=1S/C19H16F5NO4/c1-28-17(27)13-4-8-15(9-5-13)25(10-11-29-18(20)21)16(26)12-2-6-14(7-3-12)19(22,23)24/h2-9,18H,10-11H2,1H3. The van der Waals surface area contributed by atoms with Gasteiger partial charge in [-0.1, -0.05) is 0 Å². The van der Waals surface area contributed by atoms with E-state index in [2.05, 4.69) is 9.47 Å². The summed E-state index contributed by atoms with van der Waals surface area (Å²) in [7, 11) is 1.19. The summed E-state index contributed by atoms with van der Waals surface area (Å²) in [5.74, 6) is -1.33. The average molecular weight is 417 g/mol. The SMILES string of the molecule is COC(=O)c1ccc(N(CCOC(F)F)C(=O)c2ccc(C(F)(F)F)cc2)cc1. The molecule has 5 nitrogen and oxygen atoms in total. The van der Waals surface area contributed by atoms with Crippen LogP contribution in [0.3, 0.4) is 0 Å². The zero-order chi connectivity index (χ0) is 21.6. The fourth-order valence-electron chi connectivity index (χ4n) is 2.43. The first-order valence-corrected chi connectivity index (χ1v) is 8.20. The minimum absolute atomic E-state index is 0.0768. The van der Waals surface area contributed by atoms with Crippen LogP contribution in [0.2, 0.25) is 0 Å². The third-order valence-electron chi connectivity index (χ3n) is 3.86. The quantitative estimate of drug-likeness (QED) is 0.496. The van der Waals surface area contributed by atoms with E-state index < -0.39 is 36.8 Å². The molecule has 0 N–H and O–H groups in total. The van der Waals surface area contributed by atoms with Crippen molar-refractivity contribution < 1.29 is 41.0 Å². The van der Waals surface area contributed by atoms with Crippen LogP contribution in [-0.4, -0.2) is 38.7 Å². The van der Waals surface area contributed by atoms with E-state index >= 15 is 0 Å². The maximum absolute atomic E-state index is 12.8. The Hall–Kier alpha value is -3.01. The molecule has 10 heteroatoms. The van der Waals surface area contributed by atoms with Crippen molar-refractivity contribution in [3.8, 4) is 0 Å². The number of amides is 1. The van der Waals surface area contributed by atoms with Gasteiger partial charge in [0.15, 0.2) is 0 Å². The molecule has 2 aromatic carbocycles. The molecule has 2 aromatic rings. The molecule has 0 saturated carbocycles. The van der Waals surface area contributed by atoms with Crippen molar-refractivity contribution in [3.05, 3.63) is 65.2 Å². The highest BCUT2D eigenvalue weighted by molar-refractivity contribution is 6.06. The number of hydrogen-bond acceptors (Lipinski definition) is 4. The van der Waals surface area contributed by atoms with Gasteiger partial charge in [0, 0.05) is 17.8 Å². The van der Waals surface area contributed by atoms with Crippen molar-refractivity contribution in [2.75, 3.05) is 25.2 Å². The summed E-state index contributed by atoms with van der Waals surface area (Å²) in [6.45, 7) is -3.84. The molecule has 0 radical (unpaired) electrons. The smallest absolute Gasteiger partial charge is 0.416 e. The van der Waals surface area contributed by atoms with E-state index in [1.54, 1.807) is 0 Å². The largest absolute Gasteiger partial charge is 0.465 e. The second kappa shape index (κ2) is 9.46. The van der Waals surface area contributed by atoms with Crippen LogP contribution in [-0.2, 0) is 15.7 Å². The number of ether oxygens (including phenoxy) is 2. The lowest BCUT2D eigenvalue weighted by Gasteiger charge is -2.23. The zero-order valence-electron chi connectivity index (χ0n) is 15.1. The zero-order valence-corrected chi connectivity index (χ0v) is 15.1. The molecule has 0 bridgehead atoms. The predicted octanol–water partition coefficient (Wildman–Crippen LogP) is 4.38. The first-order chi connectivity index (χ1) is 13.6. The fourth-order valence-corrected chi connectivity index (χ4v) is 2.43. The van der Waals surface area contributed by atoms with Crippen LogP contribution < -0.4 is 4.90 Å². The summed E-state index contributed by atoms with van der Waals surface area (Å²) >= 11 is 0. The van der Waals surface area contributed by atoms with Crippen LogP contribution >= 0.6 is 0 Å². The van der Waals surface area contributed by atoms with Crippen LogP contribution in [0.1, 0.15) is 26.3 Å². The van der Waals surface area contributed by atoms with Crippen molar-refractivity contribution >= 4 is 17.6 Å². The Kier molecular flexibility index (Phi) is 7.27. The van der Waals surface area contributed by atoms with Gasteiger partial charge in [-0.25, -0.2) is 4.79 Å². The van der Waals surface area contributed by atoms with Crippen LogP contribution in [0.5, 0.6) is 0 Å². The van der Waals surface area contributed by atoms with Gasteiger partial charge in [0.2, 0.25) is 0 Å². The Morgan fingerprint density at radius 2 is 1.52 bits per heavy atom. The number of anilines is 1. The molecule has 0 aromatic heterocycles. The number of alkyl halides is 5. The van der Waals surface area contributed by atoms with Gasteiger partial charge in [-0.2, -0.15) is 22.0 Å². The molecular formula is C19H16F5NO4. The molecular weight excluding hydrogens is 401 g/mol. The number of nitrogens with zero attached hydrogens (tertiary/aromatic N) is 1. The second-order valence-electron chi connectivity index (χ2n) is 5.70. The maximum atomic E-state index is 12.8. The molecule has 0 heterocycles.